The maximum Gasteiger partial charge on any atom is 0.324 e. The molecule has 2 N–H and O–H groups in total. The van der Waals surface area contributed by atoms with E-state index in [0.29, 0.717) is 10.8 Å². The molecule has 2 aliphatic heterocycles. The van der Waals surface area contributed by atoms with Gasteiger partial charge in [-0.25, -0.2) is 4.98 Å². The van der Waals surface area contributed by atoms with Crippen molar-refractivity contribution in [2.45, 2.75) is 51.4 Å². The number of anilines is 1. The maximum atomic E-state index is 12.5. The van der Waals surface area contributed by atoms with Crippen LogP contribution in [-0.2, 0) is 29.4 Å². The first kappa shape index (κ1) is 16.2. The monoisotopic (exact) mass is 340 g/mol. The summed E-state index contributed by atoms with van der Waals surface area (Å²) in [6.45, 7) is 5.83. The number of carbonyl (C=O) groups excluding carboxylic acids is 2. The molecule has 126 valence electrons. The molecule has 0 radical (unpaired) electrons. The largest absolute Gasteiger partial charge is 0.459 e. The molecule has 2 saturated heterocycles. The zero-order valence-corrected chi connectivity index (χ0v) is 14.1. The molecule has 0 aromatic carbocycles. The molecule has 23 heavy (non-hydrogen) atoms. The minimum absolute atomic E-state index is 0.0315. The first-order chi connectivity index (χ1) is 10.7. The number of nitrogen functional groups attached to an aromatic ring is 1. The Hall–Kier alpha value is -1.67. The van der Waals surface area contributed by atoms with E-state index >= 15 is 0 Å². The fraction of sp³-hybridized carbons (Fsp3) is 0.667. The average molecular weight is 340 g/mol. The van der Waals surface area contributed by atoms with Crippen molar-refractivity contribution in [1.29, 1.82) is 0 Å². The van der Waals surface area contributed by atoms with Crippen molar-refractivity contribution >= 4 is 28.4 Å². The molecule has 3 atom stereocenters. The first-order valence-corrected chi connectivity index (χ1v) is 8.41. The van der Waals surface area contributed by atoms with Crippen LogP contribution in [0.1, 0.15) is 39.3 Å². The molecule has 0 amide bonds. The summed E-state index contributed by atoms with van der Waals surface area (Å²) in [5.74, 6) is -1.09. The molecular formula is C15H20N2O5S. The van der Waals surface area contributed by atoms with Crippen LogP contribution in [0.5, 0.6) is 0 Å². The Morgan fingerprint density at radius 2 is 2.22 bits per heavy atom. The lowest BCUT2D eigenvalue weighted by molar-refractivity contribution is -0.160. The third-order valence-corrected chi connectivity index (χ3v) is 4.94. The zero-order valence-electron chi connectivity index (χ0n) is 13.3. The van der Waals surface area contributed by atoms with E-state index in [1.54, 1.807) is 12.3 Å². The van der Waals surface area contributed by atoms with E-state index in [4.69, 9.17) is 19.9 Å². The Labute approximate surface area is 138 Å². The van der Waals surface area contributed by atoms with Gasteiger partial charge in [-0.3, -0.25) is 9.59 Å². The number of thiazole rings is 1. The van der Waals surface area contributed by atoms with Gasteiger partial charge in [0, 0.05) is 18.2 Å². The second-order valence-electron chi connectivity index (χ2n) is 6.56. The van der Waals surface area contributed by atoms with Gasteiger partial charge >= 0.3 is 11.9 Å². The molecule has 0 saturated carbocycles. The minimum atomic E-state index is -1.27. The van der Waals surface area contributed by atoms with Gasteiger partial charge < -0.3 is 19.9 Å². The molecular weight excluding hydrogens is 320 g/mol. The van der Waals surface area contributed by atoms with Crippen LogP contribution in [0.15, 0.2) is 5.38 Å². The van der Waals surface area contributed by atoms with Crippen LogP contribution in [0.2, 0.25) is 0 Å². The Bertz CT molecular complexity index is 646. The van der Waals surface area contributed by atoms with Crippen LogP contribution in [0, 0.1) is 5.41 Å². The van der Waals surface area contributed by atoms with Crippen LogP contribution >= 0.6 is 11.3 Å². The summed E-state index contributed by atoms with van der Waals surface area (Å²) < 4.78 is 16.4. The number of ether oxygens (including phenoxy) is 3. The zero-order chi connectivity index (χ0) is 16.8. The molecule has 1 aromatic rings. The molecule has 1 spiro atoms. The van der Waals surface area contributed by atoms with E-state index in [0.717, 1.165) is 0 Å². The van der Waals surface area contributed by atoms with Gasteiger partial charge in [0.25, 0.3) is 0 Å². The highest BCUT2D eigenvalue weighted by Crippen LogP contribution is 2.52. The van der Waals surface area contributed by atoms with Crippen LogP contribution in [0.3, 0.4) is 0 Å². The summed E-state index contributed by atoms with van der Waals surface area (Å²) in [4.78, 5) is 29.0. The number of nitrogens with two attached hydrogens (primary N) is 1. The van der Waals surface area contributed by atoms with E-state index in [9.17, 15) is 9.59 Å². The summed E-state index contributed by atoms with van der Waals surface area (Å²) >= 11 is 1.27. The van der Waals surface area contributed by atoms with Crippen molar-refractivity contribution in [2.24, 2.45) is 5.41 Å². The summed E-state index contributed by atoms with van der Waals surface area (Å²) in [7, 11) is 0. The maximum absolute atomic E-state index is 12.5. The van der Waals surface area contributed by atoms with Gasteiger partial charge in [0.05, 0.1) is 18.4 Å². The minimum Gasteiger partial charge on any atom is -0.459 e. The smallest absolute Gasteiger partial charge is 0.324 e. The van der Waals surface area contributed by atoms with Crippen molar-refractivity contribution in [3.05, 3.63) is 11.1 Å². The van der Waals surface area contributed by atoms with E-state index in [-0.39, 0.29) is 25.6 Å². The van der Waals surface area contributed by atoms with Gasteiger partial charge in [-0.1, -0.05) is 0 Å². The van der Waals surface area contributed by atoms with E-state index in [2.05, 4.69) is 4.98 Å². The average Bonchev–Trinajstić information content (AvgIpc) is 3.09. The predicted molar refractivity (Wildman–Crippen MR) is 82.6 cm³/mol. The Balaban J connectivity index is 1.80. The van der Waals surface area contributed by atoms with Crippen LogP contribution in [0.25, 0.3) is 0 Å². The van der Waals surface area contributed by atoms with Crippen molar-refractivity contribution in [2.75, 3.05) is 12.3 Å². The summed E-state index contributed by atoms with van der Waals surface area (Å²) in [6, 6.07) is 0. The van der Waals surface area contributed by atoms with Crippen LogP contribution in [0.4, 0.5) is 5.13 Å². The molecule has 2 aliphatic rings. The fourth-order valence-electron chi connectivity index (χ4n) is 3.14. The Morgan fingerprint density at radius 3 is 2.83 bits per heavy atom. The van der Waals surface area contributed by atoms with Crippen molar-refractivity contribution in [3.8, 4) is 0 Å². The third-order valence-electron chi connectivity index (χ3n) is 4.27. The van der Waals surface area contributed by atoms with Crippen molar-refractivity contribution in [1.82, 2.24) is 4.98 Å². The number of aromatic nitrogens is 1. The highest BCUT2D eigenvalue weighted by Gasteiger charge is 2.65. The number of rotatable bonds is 4. The molecule has 3 heterocycles. The molecule has 8 heteroatoms. The van der Waals surface area contributed by atoms with Crippen LogP contribution < -0.4 is 5.73 Å². The summed E-state index contributed by atoms with van der Waals surface area (Å²) in [5, 5.41) is 2.15. The Kier molecular flexibility index (Phi) is 3.84. The molecule has 2 fully saturated rings. The van der Waals surface area contributed by atoms with Gasteiger partial charge in [0.2, 0.25) is 0 Å². The number of hydrogen-bond acceptors (Lipinski definition) is 8. The van der Waals surface area contributed by atoms with E-state index in [1.165, 1.54) is 11.3 Å². The van der Waals surface area contributed by atoms with Gasteiger partial charge in [0.1, 0.15) is 6.10 Å². The SMILES string of the molecule is CC(C)OCC1CC2(CC(C)(c3csc(N)n3)OC2=O)C(=O)O1. The van der Waals surface area contributed by atoms with Gasteiger partial charge in [-0.05, 0) is 20.8 Å². The van der Waals surface area contributed by atoms with Gasteiger partial charge in [0.15, 0.2) is 16.1 Å². The third kappa shape index (κ3) is 2.70. The lowest BCUT2D eigenvalue weighted by atomic mass is 9.78. The predicted octanol–water partition coefficient (Wildman–Crippen LogP) is 1.61. The molecule has 3 unspecified atom stereocenters. The van der Waals surface area contributed by atoms with Crippen molar-refractivity contribution < 1.29 is 23.8 Å². The molecule has 0 aliphatic carbocycles. The number of cyclic esters (lactones) is 2. The number of esters is 2. The van der Waals surface area contributed by atoms with Crippen LogP contribution in [-0.4, -0.2) is 35.7 Å². The first-order valence-electron chi connectivity index (χ1n) is 7.53. The second kappa shape index (κ2) is 5.45. The molecule has 7 nitrogen and oxygen atoms in total. The van der Waals surface area contributed by atoms with E-state index in [1.807, 2.05) is 13.8 Å². The van der Waals surface area contributed by atoms with Gasteiger partial charge in [-0.2, -0.15) is 0 Å². The Morgan fingerprint density at radius 1 is 1.48 bits per heavy atom. The standard InChI is InChI=1S/C15H20N2O5S/c1-8(2)20-5-9-4-15(11(18)21-9)7-14(3,22-12(15)19)10-6-23-13(16)17-10/h6,8-9H,4-5,7H2,1-3H3,(H2,16,17). The topological polar surface area (TPSA) is 101 Å². The highest BCUT2D eigenvalue weighted by molar-refractivity contribution is 7.13. The number of carbonyl (C=O) groups is 2. The summed E-state index contributed by atoms with van der Waals surface area (Å²) in [5.41, 5.74) is 4.00. The molecule has 0 bridgehead atoms. The number of nitrogens with zero attached hydrogens (tertiary/aromatic N) is 1. The number of hydrogen-bond donors (Lipinski definition) is 1. The molecule has 1 aromatic heterocycles. The van der Waals surface area contributed by atoms with E-state index < -0.39 is 29.1 Å². The lowest BCUT2D eigenvalue weighted by Crippen LogP contribution is -2.32. The van der Waals surface area contributed by atoms with Gasteiger partial charge in [-0.15, -0.1) is 11.3 Å². The fourth-order valence-corrected chi connectivity index (χ4v) is 3.83. The highest BCUT2D eigenvalue weighted by atomic mass is 32.1. The van der Waals surface area contributed by atoms with Crippen molar-refractivity contribution in [3.63, 3.8) is 0 Å². The quantitative estimate of drug-likeness (QED) is 0.656. The lowest BCUT2D eigenvalue weighted by Gasteiger charge is -2.20. The second-order valence-corrected chi connectivity index (χ2v) is 7.45. The summed E-state index contributed by atoms with van der Waals surface area (Å²) in [6.07, 6.45) is 0.0790. The molecule has 3 rings (SSSR count). The normalized spacial score (nSPS) is 33.5.